The Labute approximate surface area is 131 Å². The molecule has 7 heteroatoms. The van der Waals surface area contributed by atoms with Gasteiger partial charge in [0.25, 0.3) is 5.56 Å². The number of hydrogen-bond donors (Lipinski definition) is 0. The molecule has 0 radical (unpaired) electrons. The first kappa shape index (κ1) is 14.8. The van der Waals surface area contributed by atoms with Gasteiger partial charge in [0, 0.05) is 13.1 Å². The van der Waals surface area contributed by atoms with Crippen molar-refractivity contribution in [3.05, 3.63) is 33.7 Å². The number of thiophene rings is 1. The molecule has 1 amide bonds. The molecule has 0 spiro atoms. The zero-order chi connectivity index (χ0) is 15.9. The van der Waals surface area contributed by atoms with Crippen molar-refractivity contribution in [1.29, 1.82) is 0 Å². The van der Waals surface area contributed by atoms with Gasteiger partial charge in [-0.15, -0.1) is 11.3 Å². The Morgan fingerprint density at radius 1 is 1.32 bits per heavy atom. The van der Waals surface area contributed by atoms with Crippen molar-refractivity contribution >= 4 is 33.0 Å². The van der Waals surface area contributed by atoms with Crippen molar-refractivity contribution in [3.63, 3.8) is 0 Å². The van der Waals surface area contributed by atoms with Crippen LogP contribution in [0, 0.1) is 6.92 Å². The first-order valence-electron chi connectivity index (χ1n) is 7.31. The van der Waals surface area contributed by atoms with E-state index in [1.165, 1.54) is 4.68 Å². The Hall–Kier alpha value is -2.15. The van der Waals surface area contributed by atoms with Gasteiger partial charge >= 0.3 is 0 Å². The summed E-state index contributed by atoms with van der Waals surface area (Å²) in [5.41, 5.74) is 1.33. The number of hydrogen-bond acceptors (Lipinski definition) is 4. The molecule has 3 aromatic heterocycles. The summed E-state index contributed by atoms with van der Waals surface area (Å²) in [6, 6.07) is 3.85. The molecule has 0 N–H and O–H groups in total. The zero-order valence-corrected chi connectivity index (χ0v) is 13.7. The summed E-state index contributed by atoms with van der Waals surface area (Å²) in [5, 5.41) is 6.31. The van der Waals surface area contributed by atoms with Gasteiger partial charge in [0.15, 0.2) is 0 Å². The van der Waals surface area contributed by atoms with Crippen molar-refractivity contribution in [2.24, 2.45) is 0 Å². The quantitative estimate of drug-likeness (QED) is 0.738. The van der Waals surface area contributed by atoms with Crippen LogP contribution in [0.5, 0.6) is 0 Å². The van der Waals surface area contributed by atoms with Crippen LogP contribution in [0.15, 0.2) is 22.3 Å². The van der Waals surface area contributed by atoms with E-state index < -0.39 is 0 Å². The smallest absolute Gasteiger partial charge is 0.291 e. The van der Waals surface area contributed by atoms with Gasteiger partial charge in [-0.25, -0.2) is 4.68 Å². The number of fused-ring (bicyclic) bond motifs is 3. The molecule has 0 aliphatic heterocycles. The van der Waals surface area contributed by atoms with Gasteiger partial charge in [0.05, 0.1) is 10.2 Å². The molecular weight excluding hydrogens is 300 g/mol. The van der Waals surface area contributed by atoms with E-state index in [-0.39, 0.29) is 18.0 Å². The number of aromatic nitrogens is 3. The summed E-state index contributed by atoms with van der Waals surface area (Å²) in [6.45, 7) is 6.94. The lowest BCUT2D eigenvalue weighted by molar-refractivity contribution is -0.131. The molecule has 0 saturated heterocycles. The Balaban J connectivity index is 2.10. The number of nitrogens with zero attached hydrogens (tertiary/aromatic N) is 4. The Kier molecular flexibility index (Phi) is 3.74. The van der Waals surface area contributed by atoms with Crippen LogP contribution in [0.2, 0.25) is 0 Å². The van der Waals surface area contributed by atoms with E-state index in [0.29, 0.717) is 24.4 Å². The fourth-order valence-corrected chi connectivity index (χ4v) is 3.54. The summed E-state index contributed by atoms with van der Waals surface area (Å²) in [5.74, 6) is 0.618. The minimum atomic E-state index is -0.227. The van der Waals surface area contributed by atoms with Gasteiger partial charge in [-0.3, -0.25) is 14.0 Å². The summed E-state index contributed by atoms with van der Waals surface area (Å²) in [4.78, 5) is 26.5. The number of amides is 1. The van der Waals surface area contributed by atoms with E-state index in [9.17, 15) is 9.59 Å². The maximum atomic E-state index is 12.6. The van der Waals surface area contributed by atoms with Crippen LogP contribution in [-0.4, -0.2) is 38.1 Å². The average molecular weight is 318 g/mol. The number of aryl methyl sites for hydroxylation is 1. The zero-order valence-electron chi connectivity index (χ0n) is 12.9. The lowest BCUT2D eigenvalue weighted by atomic mass is 10.4. The van der Waals surface area contributed by atoms with Crippen molar-refractivity contribution in [2.45, 2.75) is 27.3 Å². The van der Waals surface area contributed by atoms with E-state index in [0.717, 1.165) is 10.2 Å². The van der Waals surface area contributed by atoms with Crippen LogP contribution in [0.3, 0.4) is 0 Å². The minimum Gasteiger partial charge on any atom is -0.342 e. The summed E-state index contributed by atoms with van der Waals surface area (Å²) >= 11 is 1.59. The van der Waals surface area contributed by atoms with Crippen molar-refractivity contribution in [1.82, 2.24) is 19.1 Å². The molecule has 116 valence electrons. The fraction of sp³-hybridized carbons (Fsp3) is 0.400. The van der Waals surface area contributed by atoms with Crippen molar-refractivity contribution < 1.29 is 4.79 Å². The second-order valence-electron chi connectivity index (χ2n) is 5.11. The molecule has 0 aromatic carbocycles. The molecule has 0 fully saturated rings. The number of rotatable bonds is 4. The molecular formula is C15H18N4O2S. The number of carbonyl (C=O) groups excluding carboxylic acids is 1. The maximum absolute atomic E-state index is 12.6. The second-order valence-corrected chi connectivity index (χ2v) is 6.06. The normalized spacial score (nSPS) is 11.4. The van der Waals surface area contributed by atoms with E-state index in [1.54, 1.807) is 16.2 Å². The molecule has 3 aromatic rings. The molecule has 3 heterocycles. The molecule has 0 aliphatic rings. The lowest BCUT2D eigenvalue weighted by Gasteiger charge is -2.19. The van der Waals surface area contributed by atoms with Crippen LogP contribution in [0.25, 0.3) is 15.7 Å². The van der Waals surface area contributed by atoms with Gasteiger partial charge in [0.2, 0.25) is 5.91 Å². The second kappa shape index (κ2) is 5.57. The maximum Gasteiger partial charge on any atom is 0.291 e. The number of likely N-dealkylation sites (N-methyl/N-ethyl adjacent to an activating group) is 1. The first-order chi connectivity index (χ1) is 10.6. The van der Waals surface area contributed by atoms with Gasteiger partial charge in [-0.1, -0.05) is 0 Å². The van der Waals surface area contributed by atoms with Gasteiger partial charge in [0.1, 0.15) is 17.9 Å². The van der Waals surface area contributed by atoms with Crippen LogP contribution in [-0.2, 0) is 11.3 Å². The summed E-state index contributed by atoms with van der Waals surface area (Å²) < 4.78 is 4.18. The Morgan fingerprint density at radius 2 is 2.05 bits per heavy atom. The highest BCUT2D eigenvalue weighted by Crippen LogP contribution is 2.24. The average Bonchev–Trinajstić information content (AvgIpc) is 3.06. The SMILES string of the molecule is CCN(CC)C(=O)Cn1nc(C)n2c(cc3sccc32)c1=O. The van der Waals surface area contributed by atoms with Gasteiger partial charge < -0.3 is 4.90 Å². The third-order valence-corrected chi connectivity index (χ3v) is 4.72. The van der Waals surface area contributed by atoms with Crippen LogP contribution >= 0.6 is 11.3 Å². The topological polar surface area (TPSA) is 59.6 Å². The van der Waals surface area contributed by atoms with E-state index >= 15 is 0 Å². The van der Waals surface area contributed by atoms with E-state index in [1.807, 2.05) is 42.7 Å². The molecule has 0 saturated carbocycles. The number of carbonyl (C=O) groups is 1. The van der Waals surface area contributed by atoms with Crippen molar-refractivity contribution in [2.75, 3.05) is 13.1 Å². The predicted octanol–water partition coefficient (Wildman–Crippen LogP) is 1.89. The fourth-order valence-electron chi connectivity index (χ4n) is 2.74. The molecule has 0 atom stereocenters. The Morgan fingerprint density at radius 3 is 2.73 bits per heavy atom. The molecule has 3 rings (SSSR count). The van der Waals surface area contributed by atoms with Crippen LogP contribution in [0.4, 0.5) is 0 Å². The predicted molar refractivity (Wildman–Crippen MR) is 87.5 cm³/mol. The standard InChI is InChI=1S/C15H18N4O2S/c1-4-17(5-2)14(20)9-18-15(21)12-8-13-11(6-7-22-13)19(12)10(3)16-18/h6-8H,4-5,9H2,1-3H3. The summed E-state index contributed by atoms with van der Waals surface area (Å²) in [6.07, 6.45) is 0. The third kappa shape index (κ3) is 2.21. The van der Waals surface area contributed by atoms with E-state index in [2.05, 4.69) is 5.10 Å². The van der Waals surface area contributed by atoms with Crippen LogP contribution in [0.1, 0.15) is 19.7 Å². The molecule has 22 heavy (non-hydrogen) atoms. The highest BCUT2D eigenvalue weighted by molar-refractivity contribution is 7.17. The van der Waals surface area contributed by atoms with Crippen LogP contribution < -0.4 is 5.56 Å². The van der Waals surface area contributed by atoms with Gasteiger partial charge in [-0.05, 0) is 38.3 Å². The lowest BCUT2D eigenvalue weighted by Crippen LogP contribution is -2.37. The molecule has 0 unspecified atom stereocenters. The monoisotopic (exact) mass is 318 g/mol. The van der Waals surface area contributed by atoms with Crippen molar-refractivity contribution in [3.8, 4) is 0 Å². The Bertz CT molecular complexity index is 901. The van der Waals surface area contributed by atoms with E-state index in [4.69, 9.17) is 0 Å². The largest absolute Gasteiger partial charge is 0.342 e. The third-order valence-electron chi connectivity index (χ3n) is 3.87. The molecule has 6 nitrogen and oxygen atoms in total. The highest BCUT2D eigenvalue weighted by atomic mass is 32.1. The van der Waals surface area contributed by atoms with Gasteiger partial charge in [-0.2, -0.15) is 5.10 Å². The minimum absolute atomic E-state index is 0.0172. The molecule has 0 bridgehead atoms. The summed E-state index contributed by atoms with van der Waals surface area (Å²) in [7, 11) is 0. The first-order valence-corrected chi connectivity index (χ1v) is 8.19. The molecule has 0 aliphatic carbocycles. The highest BCUT2D eigenvalue weighted by Gasteiger charge is 2.16.